The minimum absolute atomic E-state index is 0.132. The van der Waals surface area contributed by atoms with E-state index in [2.05, 4.69) is 4.99 Å². The fraction of sp³-hybridized carbons (Fsp3) is 0.118. The van der Waals surface area contributed by atoms with Gasteiger partial charge in [-0.15, -0.1) is 11.3 Å². The van der Waals surface area contributed by atoms with Gasteiger partial charge >= 0.3 is 5.97 Å². The Balaban J connectivity index is 1.93. The first-order valence-corrected chi connectivity index (χ1v) is 9.84. The lowest BCUT2D eigenvalue weighted by Crippen LogP contribution is -2.10. The average molecular weight is 358 g/mol. The fourth-order valence-corrected chi connectivity index (χ4v) is 6.64. The topological polar surface area (TPSA) is 71.8 Å². The first kappa shape index (κ1) is 15.2. The molecule has 7 heteroatoms. The van der Waals surface area contributed by atoms with Crippen molar-refractivity contribution in [3.8, 4) is 5.75 Å². The van der Waals surface area contributed by atoms with Gasteiger partial charge in [0.25, 0.3) is 0 Å². The monoisotopic (exact) mass is 358 g/mol. The van der Waals surface area contributed by atoms with Crippen LogP contribution < -0.4 is 0 Å². The van der Waals surface area contributed by atoms with Gasteiger partial charge in [0.05, 0.1) is 26.3 Å². The molecule has 0 radical (unpaired) electrons. The van der Waals surface area contributed by atoms with Crippen LogP contribution in [0, 0.1) is 0 Å². The van der Waals surface area contributed by atoms with Crippen molar-refractivity contribution in [3.05, 3.63) is 42.5 Å². The molecule has 0 saturated heterocycles. The second kappa shape index (κ2) is 5.61. The van der Waals surface area contributed by atoms with Crippen LogP contribution in [0.1, 0.15) is 13.3 Å². The number of rotatable bonds is 3. The van der Waals surface area contributed by atoms with E-state index in [0.29, 0.717) is 5.69 Å². The summed E-state index contributed by atoms with van der Waals surface area (Å²) in [5.41, 5.74) is 3.17. The van der Waals surface area contributed by atoms with Crippen molar-refractivity contribution in [2.75, 3.05) is 0 Å². The third-order valence-corrected chi connectivity index (χ3v) is 7.94. The lowest BCUT2D eigenvalue weighted by molar-refractivity contribution is -0.133. The van der Waals surface area contributed by atoms with Gasteiger partial charge in [-0.05, 0) is 24.3 Å². The van der Waals surface area contributed by atoms with Crippen LogP contribution in [0.5, 0.6) is 5.75 Å². The molecule has 0 fully saturated rings. The molecule has 1 aromatic heterocycles. The standard InChI is InChI=1S/C17H14N2O3S2/c1-2-16(21)22-24(10-18-13-9-11(20)7-8-15(13)24)17-19-12-5-3-4-6-14(12)23-17/h3-10,20H,2H2,1H3. The van der Waals surface area contributed by atoms with Gasteiger partial charge in [0.15, 0.2) is 4.34 Å². The summed E-state index contributed by atoms with van der Waals surface area (Å²) in [4.78, 5) is 22.0. The first-order chi connectivity index (χ1) is 11.6. The van der Waals surface area contributed by atoms with E-state index < -0.39 is 10.3 Å². The maximum absolute atomic E-state index is 12.1. The number of hydrogen-bond donors (Lipinski definition) is 1. The molecule has 1 unspecified atom stereocenters. The van der Waals surface area contributed by atoms with E-state index in [4.69, 9.17) is 9.17 Å². The SMILES string of the molecule is CCC(=O)OS1(c2nc3ccccc3s2)C=Nc2cc(O)ccc21. The molecule has 24 heavy (non-hydrogen) atoms. The minimum atomic E-state index is -2.23. The number of benzene rings is 2. The van der Waals surface area contributed by atoms with Crippen LogP contribution in [0.3, 0.4) is 0 Å². The van der Waals surface area contributed by atoms with E-state index >= 15 is 0 Å². The summed E-state index contributed by atoms with van der Waals surface area (Å²) in [6, 6.07) is 12.8. The number of para-hydroxylation sites is 1. The Hall–Kier alpha value is -2.38. The highest BCUT2D eigenvalue weighted by molar-refractivity contribution is 8.42. The van der Waals surface area contributed by atoms with Crippen molar-refractivity contribution in [3.63, 3.8) is 0 Å². The van der Waals surface area contributed by atoms with E-state index in [1.807, 2.05) is 24.3 Å². The van der Waals surface area contributed by atoms with Gasteiger partial charge < -0.3 is 9.29 Å². The lowest BCUT2D eigenvalue weighted by atomic mass is 10.3. The number of nitrogens with zero attached hydrogens (tertiary/aromatic N) is 2. The zero-order valence-electron chi connectivity index (χ0n) is 12.8. The van der Waals surface area contributed by atoms with E-state index in [0.717, 1.165) is 19.5 Å². The molecule has 1 N–H and O–H groups in total. The molecular formula is C17H14N2O3S2. The Morgan fingerprint density at radius 2 is 2.12 bits per heavy atom. The summed E-state index contributed by atoms with van der Waals surface area (Å²) < 4.78 is 7.66. The van der Waals surface area contributed by atoms with E-state index in [1.54, 1.807) is 30.7 Å². The Morgan fingerprint density at radius 1 is 1.29 bits per heavy atom. The normalized spacial score (nSPS) is 21.4. The van der Waals surface area contributed by atoms with Crippen molar-refractivity contribution in [2.24, 2.45) is 4.99 Å². The van der Waals surface area contributed by atoms with Gasteiger partial charge in [0.2, 0.25) is 0 Å². The highest BCUT2D eigenvalue weighted by Gasteiger charge is 2.40. The van der Waals surface area contributed by atoms with Crippen LogP contribution >= 0.6 is 21.6 Å². The number of aromatic hydroxyl groups is 1. The molecule has 5 nitrogen and oxygen atoms in total. The maximum Gasteiger partial charge on any atom is 0.316 e. The molecule has 2 heterocycles. The average Bonchev–Trinajstić information content (AvgIpc) is 3.17. The van der Waals surface area contributed by atoms with Gasteiger partial charge in [-0.1, -0.05) is 19.1 Å². The molecule has 1 atom stereocenters. The number of carbonyl (C=O) groups excluding carboxylic acids is 1. The minimum Gasteiger partial charge on any atom is -0.508 e. The first-order valence-electron chi connectivity index (χ1n) is 7.41. The molecule has 122 valence electrons. The van der Waals surface area contributed by atoms with E-state index in [9.17, 15) is 9.90 Å². The molecule has 1 aliphatic rings. The second-order valence-electron chi connectivity index (χ2n) is 5.24. The number of hydrogen-bond acceptors (Lipinski definition) is 6. The number of carbonyl (C=O) groups is 1. The highest BCUT2D eigenvalue weighted by atomic mass is 32.3. The molecule has 4 rings (SSSR count). The summed E-state index contributed by atoms with van der Waals surface area (Å²) >= 11 is 1.51. The maximum atomic E-state index is 12.1. The van der Waals surface area contributed by atoms with Gasteiger partial charge in [-0.3, -0.25) is 4.79 Å². The zero-order chi connectivity index (χ0) is 16.7. The van der Waals surface area contributed by atoms with Crippen molar-refractivity contribution in [1.29, 1.82) is 0 Å². The molecule has 2 aromatic carbocycles. The summed E-state index contributed by atoms with van der Waals surface area (Å²) in [6.07, 6.45) is 0.279. The van der Waals surface area contributed by atoms with Crippen LogP contribution in [0.15, 0.2) is 56.7 Å². The Kier molecular flexibility index (Phi) is 3.54. The summed E-state index contributed by atoms with van der Waals surface area (Å²) in [5.74, 6) is -0.163. The van der Waals surface area contributed by atoms with Crippen molar-refractivity contribution in [2.45, 2.75) is 22.6 Å². The van der Waals surface area contributed by atoms with Gasteiger partial charge in [0, 0.05) is 22.8 Å². The number of phenols is 1. The Bertz CT molecular complexity index is 950. The molecule has 0 saturated carbocycles. The number of phenolic OH excluding ortho intramolecular Hbond substituents is 1. The van der Waals surface area contributed by atoms with Crippen LogP contribution in [-0.4, -0.2) is 21.6 Å². The van der Waals surface area contributed by atoms with Crippen molar-refractivity contribution in [1.82, 2.24) is 4.98 Å². The van der Waals surface area contributed by atoms with Crippen LogP contribution in [0.4, 0.5) is 5.69 Å². The van der Waals surface area contributed by atoms with E-state index in [1.165, 1.54) is 11.3 Å². The number of thiazole rings is 1. The van der Waals surface area contributed by atoms with Crippen molar-refractivity contribution >= 4 is 49.1 Å². The van der Waals surface area contributed by atoms with E-state index in [-0.39, 0.29) is 18.1 Å². The van der Waals surface area contributed by atoms with Crippen LogP contribution in [-0.2, 0) is 8.98 Å². The zero-order valence-corrected chi connectivity index (χ0v) is 14.4. The van der Waals surface area contributed by atoms with Crippen LogP contribution in [0.2, 0.25) is 0 Å². The lowest BCUT2D eigenvalue weighted by Gasteiger charge is -2.30. The van der Waals surface area contributed by atoms with Gasteiger partial charge in [-0.2, -0.15) is 0 Å². The number of aromatic nitrogens is 1. The fourth-order valence-electron chi connectivity index (χ4n) is 2.48. The summed E-state index contributed by atoms with van der Waals surface area (Å²) in [6.45, 7) is 1.76. The molecule has 1 aliphatic heterocycles. The predicted octanol–water partition coefficient (Wildman–Crippen LogP) is 4.77. The molecule has 0 aliphatic carbocycles. The highest BCUT2D eigenvalue weighted by Crippen LogP contribution is 2.68. The Morgan fingerprint density at radius 3 is 2.92 bits per heavy atom. The van der Waals surface area contributed by atoms with Crippen molar-refractivity contribution < 1.29 is 14.1 Å². The summed E-state index contributed by atoms with van der Waals surface area (Å²) in [5, 5.41) is 9.69. The summed E-state index contributed by atoms with van der Waals surface area (Å²) in [7, 11) is -2.23. The molecule has 3 aromatic rings. The second-order valence-corrected chi connectivity index (χ2v) is 8.94. The van der Waals surface area contributed by atoms with Crippen LogP contribution in [0.25, 0.3) is 10.2 Å². The predicted molar refractivity (Wildman–Crippen MR) is 96.4 cm³/mol. The number of aliphatic imine (C=N–C) groups is 1. The van der Waals surface area contributed by atoms with Gasteiger partial charge in [-0.25, -0.2) is 9.98 Å². The molecular weight excluding hydrogens is 344 g/mol. The Labute approximate surface area is 144 Å². The molecule has 0 bridgehead atoms. The third kappa shape index (κ3) is 2.28. The quantitative estimate of drug-likeness (QED) is 0.732. The number of fused-ring (bicyclic) bond motifs is 2. The molecule has 0 spiro atoms. The molecule has 0 amide bonds. The largest absolute Gasteiger partial charge is 0.508 e. The third-order valence-electron chi connectivity index (χ3n) is 3.66. The van der Waals surface area contributed by atoms with Gasteiger partial charge in [0.1, 0.15) is 5.75 Å². The smallest absolute Gasteiger partial charge is 0.316 e.